The Hall–Kier alpha value is -1.47. The van der Waals surface area contributed by atoms with Crippen molar-refractivity contribution in [3.05, 3.63) is 23.5 Å². The number of aromatic nitrogens is 3. The second-order valence-electron chi connectivity index (χ2n) is 5.40. The van der Waals surface area contributed by atoms with Crippen molar-refractivity contribution in [1.82, 2.24) is 20.1 Å². The summed E-state index contributed by atoms with van der Waals surface area (Å²) >= 11 is 0. The Labute approximate surface area is 118 Å². The minimum atomic E-state index is -2.83. The number of rotatable bonds is 3. The maximum absolute atomic E-state index is 11.4. The molecule has 0 radical (unpaired) electrons. The van der Waals surface area contributed by atoms with Crippen molar-refractivity contribution in [1.29, 1.82) is 0 Å². The fraction of sp³-hybridized carbons (Fsp3) is 0.538. The molecule has 0 amide bonds. The summed E-state index contributed by atoms with van der Waals surface area (Å²) in [7, 11) is -0.951. The highest BCUT2D eigenvalue weighted by molar-refractivity contribution is 7.91. The van der Waals surface area contributed by atoms with E-state index in [1.165, 1.54) is 0 Å². The molecule has 1 N–H and O–H groups in total. The smallest absolute Gasteiger partial charge is 0.157 e. The number of fused-ring (bicyclic) bond motifs is 1. The quantitative estimate of drug-likeness (QED) is 0.895. The molecule has 0 saturated carbocycles. The number of hydrogen-bond donors (Lipinski definition) is 1. The third-order valence-electron chi connectivity index (χ3n) is 3.75. The Balaban J connectivity index is 1.74. The van der Waals surface area contributed by atoms with Crippen LogP contribution in [-0.4, -0.2) is 40.7 Å². The lowest BCUT2D eigenvalue weighted by Crippen LogP contribution is -2.29. The van der Waals surface area contributed by atoms with Gasteiger partial charge in [-0.1, -0.05) is 0 Å². The fourth-order valence-corrected chi connectivity index (χ4v) is 4.37. The van der Waals surface area contributed by atoms with Crippen molar-refractivity contribution in [3.63, 3.8) is 0 Å². The van der Waals surface area contributed by atoms with Gasteiger partial charge in [0.25, 0.3) is 0 Å². The Morgan fingerprint density at radius 3 is 3.00 bits per heavy atom. The minimum Gasteiger partial charge on any atom is -0.309 e. The molecule has 1 aliphatic rings. The summed E-state index contributed by atoms with van der Waals surface area (Å²) in [6.45, 7) is 2.60. The van der Waals surface area contributed by atoms with Crippen LogP contribution in [-0.2, 0) is 23.4 Å². The number of aryl methyl sites for hydroxylation is 2. The molecule has 7 heteroatoms. The maximum atomic E-state index is 11.4. The Bertz CT molecular complexity index is 751. The second-order valence-corrected chi connectivity index (χ2v) is 7.63. The molecule has 3 heterocycles. The van der Waals surface area contributed by atoms with Crippen LogP contribution in [0.5, 0.6) is 0 Å². The van der Waals surface area contributed by atoms with Gasteiger partial charge in [-0.25, -0.2) is 13.4 Å². The first kappa shape index (κ1) is 13.5. The average molecular weight is 294 g/mol. The number of sulfone groups is 1. The molecule has 1 fully saturated rings. The first-order valence-corrected chi connectivity index (χ1v) is 8.49. The van der Waals surface area contributed by atoms with Crippen LogP contribution in [0.2, 0.25) is 0 Å². The first-order valence-electron chi connectivity index (χ1n) is 6.67. The number of hydrogen-bond acceptors (Lipinski definition) is 5. The van der Waals surface area contributed by atoms with Crippen LogP contribution >= 0.6 is 0 Å². The molecule has 3 rings (SSSR count). The van der Waals surface area contributed by atoms with Gasteiger partial charge in [0.2, 0.25) is 0 Å². The van der Waals surface area contributed by atoms with E-state index in [1.807, 2.05) is 20.2 Å². The molecule has 0 bridgehead atoms. The predicted octanol–water partition coefficient (Wildman–Crippen LogP) is 0.553. The summed E-state index contributed by atoms with van der Waals surface area (Å²) in [5, 5.41) is 8.69. The zero-order chi connectivity index (χ0) is 14.3. The van der Waals surface area contributed by atoms with Gasteiger partial charge >= 0.3 is 0 Å². The maximum Gasteiger partial charge on any atom is 0.157 e. The molecule has 0 aromatic carbocycles. The zero-order valence-electron chi connectivity index (χ0n) is 11.6. The molecule has 108 valence electrons. The molecule has 1 atom stereocenters. The summed E-state index contributed by atoms with van der Waals surface area (Å²) in [6, 6.07) is 2.13. The summed E-state index contributed by atoms with van der Waals surface area (Å²) in [4.78, 5) is 4.42. The Morgan fingerprint density at radius 2 is 2.30 bits per heavy atom. The van der Waals surface area contributed by atoms with E-state index >= 15 is 0 Å². The molecule has 0 aliphatic carbocycles. The standard InChI is InChI=1S/C13H18N4O2S/c1-9-12-5-10(7-15-13(12)17(2)16-9)6-14-11-3-4-20(18,19)8-11/h5,7,11,14H,3-4,6,8H2,1-2H3. The lowest BCUT2D eigenvalue weighted by molar-refractivity contribution is 0.554. The second kappa shape index (κ2) is 4.82. The normalized spacial score (nSPS) is 21.6. The van der Waals surface area contributed by atoms with Crippen LogP contribution in [0.15, 0.2) is 12.3 Å². The highest BCUT2D eigenvalue weighted by Crippen LogP contribution is 2.17. The third kappa shape index (κ3) is 2.55. The predicted molar refractivity (Wildman–Crippen MR) is 77.1 cm³/mol. The first-order chi connectivity index (χ1) is 9.44. The third-order valence-corrected chi connectivity index (χ3v) is 5.51. The monoisotopic (exact) mass is 294 g/mol. The molecule has 2 aromatic rings. The topological polar surface area (TPSA) is 76.9 Å². The molecular formula is C13H18N4O2S. The number of nitrogens with zero attached hydrogens (tertiary/aromatic N) is 3. The highest BCUT2D eigenvalue weighted by Gasteiger charge is 2.27. The van der Waals surface area contributed by atoms with E-state index in [9.17, 15) is 8.42 Å². The lowest BCUT2D eigenvalue weighted by Gasteiger charge is -2.10. The van der Waals surface area contributed by atoms with E-state index in [4.69, 9.17) is 0 Å². The van der Waals surface area contributed by atoms with Gasteiger partial charge in [0.1, 0.15) is 0 Å². The van der Waals surface area contributed by atoms with Gasteiger partial charge in [0.05, 0.1) is 17.2 Å². The van der Waals surface area contributed by atoms with Gasteiger partial charge in [-0.05, 0) is 25.0 Å². The van der Waals surface area contributed by atoms with Crippen LogP contribution < -0.4 is 5.32 Å². The zero-order valence-corrected chi connectivity index (χ0v) is 12.4. The van der Waals surface area contributed by atoms with Crippen LogP contribution in [0.25, 0.3) is 11.0 Å². The average Bonchev–Trinajstić information content (AvgIpc) is 2.88. The van der Waals surface area contributed by atoms with Gasteiger partial charge in [0.15, 0.2) is 15.5 Å². The van der Waals surface area contributed by atoms with Crippen LogP contribution in [0.3, 0.4) is 0 Å². The molecule has 0 spiro atoms. The van der Waals surface area contributed by atoms with Crippen molar-refractivity contribution < 1.29 is 8.42 Å². The Kier molecular flexibility index (Phi) is 3.25. The van der Waals surface area contributed by atoms with Gasteiger partial charge in [-0.15, -0.1) is 0 Å². The van der Waals surface area contributed by atoms with E-state index in [1.54, 1.807) is 4.68 Å². The fourth-order valence-electron chi connectivity index (χ4n) is 2.67. The number of nitrogens with one attached hydrogen (secondary N) is 1. The molecule has 2 aromatic heterocycles. The van der Waals surface area contributed by atoms with Crippen LogP contribution in [0, 0.1) is 6.92 Å². The SMILES string of the molecule is Cc1nn(C)c2ncc(CNC3CCS(=O)(=O)C3)cc12. The Morgan fingerprint density at radius 1 is 1.50 bits per heavy atom. The molecule has 1 unspecified atom stereocenters. The van der Waals surface area contributed by atoms with E-state index < -0.39 is 9.84 Å². The lowest BCUT2D eigenvalue weighted by atomic mass is 10.2. The molecule has 20 heavy (non-hydrogen) atoms. The molecule has 1 aliphatic heterocycles. The van der Waals surface area contributed by atoms with E-state index in [0.717, 1.165) is 22.3 Å². The largest absolute Gasteiger partial charge is 0.309 e. The van der Waals surface area contributed by atoms with E-state index in [-0.39, 0.29) is 11.8 Å². The summed E-state index contributed by atoms with van der Waals surface area (Å²) < 4.78 is 24.6. The van der Waals surface area contributed by atoms with Crippen LogP contribution in [0.4, 0.5) is 0 Å². The highest BCUT2D eigenvalue weighted by atomic mass is 32.2. The minimum absolute atomic E-state index is 0.0608. The summed E-state index contributed by atoms with van der Waals surface area (Å²) in [5.41, 5.74) is 2.88. The van der Waals surface area contributed by atoms with Gasteiger partial charge in [-0.3, -0.25) is 4.68 Å². The molecular weight excluding hydrogens is 276 g/mol. The van der Waals surface area contributed by atoms with Gasteiger partial charge in [-0.2, -0.15) is 5.10 Å². The van der Waals surface area contributed by atoms with Gasteiger partial charge in [0, 0.05) is 31.2 Å². The summed E-state index contributed by atoms with van der Waals surface area (Å²) in [5.74, 6) is 0.540. The number of pyridine rings is 1. The summed E-state index contributed by atoms with van der Waals surface area (Å²) in [6.07, 6.45) is 2.52. The molecule has 6 nitrogen and oxygen atoms in total. The molecule has 1 saturated heterocycles. The van der Waals surface area contributed by atoms with Crippen molar-refractivity contribution >= 4 is 20.9 Å². The van der Waals surface area contributed by atoms with Crippen LogP contribution in [0.1, 0.15) is 17.7 Å². The van der Waals surface area contributed by atoms with Crippen molar-refractivity contribution in [2.75, 3.05) is 11.5 Å². The van der Waals surface area contributed by atoms with Crippen molar-refractivity contribution in [2.45, 2.75) is 25.9 Å². The van der Waals surface area contributed by atoms with E-state index in [0.29, 0.717) is 18.7 Å². The van der Waals surface area contributed by atoms with Gasteiger partial charge < -0.3 is 5.32 Å². The van der Waals surface area contributed by atoms with E-state index in [2.05, 4.69) is 21.5 Å². The van der Waals surface area contributed by atoms with Crippen molar-refractivity contribution in [3.8, 4) is 0 Å². The van der Waals surface area contributed by atoms with Crippen molar-refractivity contribution in [2.24, 2.45) is 7.05 Å².